The lowest BCUT2D eigenvalue weighted by Crippen LogP contribution is -2.12. The molecule has 0 aliphatic heterocycles. The Morgan fingerprint density at radius 2 is 2.12 bits per heavy atom. The number of rotatable bonds is 3. The maximum Gasteiger partial charge on any atom is 0.185 e. The molecule has 1 heterocycles. The van der Waals surface area contributed by atoms with Gasteiger partial charge in [0.25, 0.3) is 0 Å². The van der Waals surface area contributed by atoms with E-state index >= 15 is 0 Å². The van der Waals surface area contributed by atoms with E-state index in [2.05, 4.69) is 18.2 Å². The highest BCUT2D eigenvalue weighted by Gasteiger charge is 2.06. The zero-order valence-corrected chi connectivity index (χ0v) is 10.3. The first-order valence-corrected chi connectivity index (χ1v) is 6.18. The Hall–Kier alpha value is -1.35. The van der Waals surface area contributed by atoms with Crippen molar-refractivity contribution in [2.45, 2.75) is 26.4 Å². The summed E-state index contributed by atoms with van der Waals surface area (Å²) in [6, 6.07) is 10.4. The maximum atomic E-state index is 7.71. The van der Waals surface area contributed by atoms with Gasteiger partial charge in [0.2, 0.25) is 0 Å². The zero-order valence-electron chi connectivity index (χ0n) is 9.49. The van der Waals surface area contributed by atoms with Gasteiger partial charge in [-0.3, -0.25) is 5.41 Å². The quantitative estimate of drug-likeness (QED) is 0.634. The third-order valence-electron chi connectivity index (χ3n) is 2.19. The largest absolute Gasteiger partial charge is 0.478 e. The summed E-state index contributed by atoms with van der Waals surface area (Å²) in [6.07, 6.45) is 0.680. The van der Waals surface area contributed by atoms with E-state index in [0.29, 0.717) is 12.3 Å². The molecule has 0 fully saturated rings. The van der Waals surface area contributed by atoms with Gasteiger partial charge in [-0.2, -0.15) is 0 Å². The molecule has 16 heavy (non-hydrogen) atoms. The fourth-order valence-electron chi connectivity index (χ4n) is 1.61. The minimum absolute atomic E-state index is 0.0851. The molecule has 0 spiro atoms. The molecule has 0 radical (unpaired) electrons. The number of benzene rings is 1. The molecule has 0 aliphatic rings. The van der Waals surface area contributed by atoms with Crippen LogP contribution in [0, 0.1) is 5.41 Å². The van der Waals surface area contributed by atoms with E-state index in [9.17, 15) is 0 Å². The average Bonchev–Trinajstić information content (AvgIpc) is 2.57. The minimum atomic E-state index is 0.0851. The summed E-state index contributed by atoms with van der Waals surface area (Å²) in [4.78, 5) is 1.19. The SMILES string of the molecule is CC(C)OC(=N)Cc1cc2ccccc2s1. The summed E-state index contributed by atoms with van der Waals surface area (Å²) in [6.45, 7) is 3.89. The fraction of sp³-hybridized carbons (Fsp3) is 0.308. The maximum absolute atomic E-state index is 7.71. The molecule has 1 aromatic heterocycles. The van der Waals surface area contributed by atoms with E-state index in [1.807, 2.05) is 26.0 Å². The lowest BCUT2D eigenvalue weighted by molar-refractivity contribution is 0.221. The summed E-state index contributed by atoms with van der Waals surface area (Å²) in [5.41, 5.74) is 0. The van der Waals surface area contributed by atoms with Gasteiger partial charge in [0.1, 0.15) is 0 Å². The predicted molar refractivity (Wildman–Crippen MR) is 69.5 cm³/mol. The third kappa shape index (κ3) is 2.61. The molecule has 3 heteroatoms. The Morgan fingerprint density at radius 1 is 1.38 bits per heavy atom. The van der Waals surface area contributed by atoms with E-state index in [0.717, 1.165) is 0 Å². The van der Waals surface area contributed by atoms with Gasteiger partial charge in [-0.1, -0.05) is 18.2 Å². The van der Waals surface area contributed by atoms with Crippen molar-refractivity contribution in [2.24, 2.45) is 0 Å². The monoisotopic (exact) mass is 233 g/mol. The van der Waals surface area contributed by atoms with Crippen LogP contribution >= 0.6 is 11.3 Å². The highest BCUT2D eigenvalue weighted by atomic mass is 32.1. The number of hydrogen-bond acceptors (Lipinski definition) is 3. The van der Waals surface area contributed by atoms with Crippen molar-refractivity contribution >= 4 is 27.3 Å². The van der Waals surface area contributed by atoms with Gasteiger partial charge in [-0.15, -0.1) is 11.3 Å². The number of thiophene rings is 1. The lowest BCUT2D eigenvalue weighted by atomic mass is 10.2. The van der Waals surface area contributed by atoms with Crippen LogP contribution in [0.25, 0.3) is 10.1 Å². The van der Waals surface area contributed by atoms with Gasteiger partial charge in [0, 0.05) is 9.58 Å². The molecule has 0 amide bonds. The van der Waals surface area contributed by atoms with Crippen LogP contribution in [0.4, 0.5) is 0 Å². The van der Waals surface area contributed by atoms with Crippen molar-refractivity contribution in [1.82, 2.24) is 0 Å². The van der Waals surface area contributed by atoms with Crippen molar-refractivity contribution in [3.05, 3.63) is 35.2 Å². The van der Waals surface area contributed by atoms with E-state index in [1.165, 1.54) is 15.0 Å². The van der Waals surface area contributed by atoms with Gasteiger partial charge in [-0.25, -0.2) is 0 Å². The standard InChI is InChI=1S/C13H15NOS/c1-9(2)15-13(14)8-11-7-10-5-3-4-6-12(10)16-11/h3-7,9,14H,8H2,1-2H3. The summed E-state index contributed by atoms with van der Waals surface area (Å²) < 4.78 is 6.61. The molecule has 0 atom stereocenters. The van der Waals surface area contributed by atoms with Gasteiger partial charge < -0.3 is 4.74 Å². The first-order valence-electron chi connectivity index (χ1n) is 5.36. The molecular weight excluding hydrogens is 218 g/mol. The van der Waals surface area contributed by atoms with E-state index in [1.54, 1.807) is 11.3 Å². The van der Waals surface area contributed by atoms with Crippen LogP contribution in [0.3, 0.4) is 0 Å². The number of nitrogens with one attached hydrogen (secondary N) is 1. The van der Waals surface area contributed by atoms with Crippen molar-refractivity contribution < 1.29 is 4.74 Å². The third-order valence-corrected chi connectivity index (χ3v) is 3.31. The molecule has 0 saturated carbocycles. The second-order valence-electron chi connectivity index (χ2n) is 4.02. The van der Waals surface area contributed by atoms with Crippen molar-refractivity contribution in [3.8, 4) is 0 Å². The lowest BCUT2D eigenvalue weighted by Gasteiger charge is -2.09. The van der Waals surface area contributed by atoms with Gasteiger partial charge in [-0.05, 0) is 31.4 Å². The Bertz CT molecular complexity index is 468. The second-order valence-corrected chi connectivity index (χ2v) is 5.19. The minimum Gasteiger partial charge on any atom is -0.478 e. The van der Waals surface area contributed by atoms with Gasteiger partial charge in [0.15, 0.2) is 5.90 Å². The average molecular weight is 233 g/mol. The molecular formula is C13H15NOS. The van der Waals surface area contributed by atoms with Gasteiger partial charge >= 0.3 is 0 Å². The van der Waals surface area contributed by atoms with E-state index in [4.69, 9.17) is 10.1 Å². The van der Waals surface area contributed by atoms with Crippen molar-refractivity contribution in [1.29, 1.82) is 5.41 Å². The van der Waals surface area contributed by atoms with Crippen LogP contribution in [0.5, 0.6) is 0 Å². The normalized spacial score (nSPS) is 10.9. The Balaban J connectivity index is 2.12. The molecule has 2 rings (SSSR count). The molecule has 84 valence electrons. The van der Waals surface area contributed by atoms with Crippen LogP contribution < -0.4 is 0 Å². The molecule has 0 aliphatic carbocycles. The highest BCUT2D eigenvalue weighted by Crippen LogP contribution is 2.25. The number of hydrogen-bond donors (Lipinski definition) is 1. The zero-order chi connectivity index (χ0) is 11.5. The molecule has 0 saturated heterocycles. The first-order chi connectivity index (χ1) is 7.65. The van der Waals surface area contributed by atoms with Gasteiger partial charge in [0.05, 0.1) is 12.5 Å². The summed E-state index contributed by atoms with van der Waals surface area (Å²) in [7, 11) is 0. The summed E-state index contributed by atoms with van der Waals surface area (Å²) in [5, 5.41) is 8.96. The van der Waals surface area contributed by atoms with Crippen LogP contribution in [0.2, 0.25) is 0 Å². The second kappa shape index (κ2) is 4.66. The summed E-state index contributed by atoms with van der Waals surface area (Å²) in [5.74, 6) is 0.349. The predicted octanol–water partition coefficient (Wildman–Crippen LogP) is 3.85. The molecule has 1 N–H and O–H groups in total. The Labute approximate surface area is 99.4 Å². The van der Waals surface area contributed by atoms with Crippen LogP contribution in [0.1, 0.15) is 18.7 Å². The first kappa shape index (κ1) is 11.1. The summed E-state index contributed by atoms with van der Waals surface area (Å²) >= 11 is 1.73. The van der Waals surface area contributed by atoms with Crippen molar-refractivity contribution in [3.63, 3.8) is 0 Å². The van der Waals surface area contributed by atoms with E-state index in [-0.39, 0.29) is 6.10 Å². The van der Waals surface area contributed by atoms with Crippen LogP contribution in [-0.2, 0) is 11.2 Å². The molecule has 0 unspecified atom stereocenters. The smallest absolute Gasteiger partial charge is 0.185 e. The fourth-order valence-corrected chi connectivity index (χ4v) is 2.67. The molecule has 1 aromatic carbocycles. The molecule has 2 aromatic rings. The van der Waals surface area contributed by atoms with Crippen LogP contribution in [-0.4, -0.2) is 12.0 Å². The number of fused-ring (bicyclic) bond motifs is 1. The van der Waals surface area contributed by atoms with Crippen molar-refractivity contribution in [2.75, 3.05) is 0 Å². The molecule has 2 nitrogen and oxygen atoms in total. The van der Waals surface area contributed by atoms with Crippen LogP contribution in [0.15, 0.2) is 30.3 Å². The highest BCUT2D eigenvalue weighted by molar-refractivity contribution is 7.19. The topological polar surface area (TPSA) is 33.1 Å². The number of ether oxygens (including phenoxy) is 1. The Morgan fingerprint density at radius 3 is 2.81 bits per heavy atom. The van der Waals surface area contributed by atoms with E-state index < -0.39 is 0 Å². The molecule has 0 bridgehead atoms. The Kier molecular flexibility index (Phi) is 3.25.